The summed E-state index contributed by atoms with van der Waals surface area (Å²) >= 11 is 0. The van der Waals surface area contributed by atoms with E-state index in [-0.39, 0.29) is 11.9 Å². The van der Waals surface area contributed by atoms with E-state index in [0.29, 0.717) is 24.5 Å². The fourth-order valence-corrected chi connectivity index (χ4v) is 3.02. The molecular weight excluding hydrogens is 311 g/mol. The number of tetrazole rings is 1. The predicted octanol–water partition coefficient (Wildman–Crippen LogP) is 0.795. The van der Waals surface area contributed by atoms with Crippen LogP contribution in [0.1, 0.15) is 17.4 Å². The van der Waals surface area contributed by atoms with Crippen LogP contribution in [0, 0.1) is 5.82 Å². The first-order valence-electron chi connectivity index (χ1n) is 8.12. The first kappa shape index (κ1) is 16.9. The topological polar surface area (TPSA) is 59.3 Å². The summed E-state index contributed by atoms with van der Waals surface area (Å²) in [7, 11) is 3.73. The quantitative estimate of drug-likeness (QED) is 0.779. The molecule has 1 aromatic carbocycles. The van der Waals surface area contributed by atoms with Gasteiger partial charge in [0.05, 0.1) is 13.2 Å². The van der Waals surface area contributed by atoms with E-state index in [2.05, 4.69) is 32.4 Å². The summed E-state index contributed by atoms with van der Waals surface area (Å²) in [6.07, 6.45) is 0. The highest BCUT2D eigenvalue weighted by atomic mass is 19.1. The van der Waals surface area contributed by atoms with E-state index in [9.17, 15) is 4.39 Å². The fourth-order valence-electron chi connectivity index (χ4n) is 3.02. The third kappa shape index (κ3) is 3.61. The normalized spacial score (nSPS) is 18.0. The lowest BCUT2D eigenvalue weighted by Gasteiger charge is -2.37. The van der Waals surface area contributed by atoms with Crippen LogP contribution in [0.2, 0.25) is 0 Å². The van der Waals surface area contributed by atoms with Gasteiger partial charge in [-0.25, -0.2) is 9.07 Å². The van der Waals surface area contributed by atoms with Gasteiger partial charge in [-0.2, -0.15) is 0 Å². The number of piperazine rings is 1. The summed E-state index contributed by atoms with van der Waals surface area (Å²) in [6.45, 7) is 4.59. The Morgan fingerprint density at radius 1 is 1.21 bits per heavy atom. The summed E-state index contributed by atoms with van der Waals surface area (Å²) in [5, 5.41) is 12.1. The molecule has 1 aromatic heterocycles. The lowest BCUT2D eigenvalue weighted by Crippen LogP contribution is -2.47. The van der Waals surface area contributed by atoms with Crippen molar-refractivity contribution in [3.05, 3.63) is 41.5 Å². The van der Waals surface area contributed by atoms with Gasteiger partial charge in [0.1, 0.15) is 11.9 Å². The number of halogens is 1. The molecular formula is C16H23FN6O. The Balaban J connectivity index is 1.96. The van der Waals surface area contributed by atoms with Crippen LogP contribution in [-0.2, 0) is 11.3 Å². The van der Waals surface area contributed by atoms with Crippen molar-refractivity contribution >= 4 is 0 Å². The second-order valence-corrected chi connectivity index (χ2v) is 6.02. The molecule has 1 atom stereocenters. The Bertz CT molecular complexity index is 656. The van der Waals surface area contributed by atoms with Gasteiger partial charge >= 0.3 is 0 Å². The van der Waals surface area contributed by atoms with Gasteiger partial charge < -0.3 is 9.64 Å². The molecule has 1 saturated heterocycles. The van der Waals surface area contributed by atoms with E-state index < -0.39 is 0 Å². The summed E-state index contributed by atoms with van der Waals surface area (Å²) in [6, 6.07) is 6.56. The minimum absolute atomic E-state index is 0.234. The van der Waals surface area contributed by atoms with Crippen LogP contribution in [0.5, 0.6) is 0 Å². The van der Waals surface area contributed by atoms with Crippen LogP contribution in [-0.4, -0.2) is 77.0 Å². The summed E-state index contributed by atoms with van der Waals surface area (Å²) in [5.41, 5.74) is 0.607. The molecule has 3 rings (SSSR count). The van der Waals surface area contributed by atoms with Crippen molar-refractivity contribution < 1.29 is 9.13 Å². The molecule has 1 fully saturated rings. The first-order chi connectivity index (χ1) is 11.7. The summed E-state index contributed by atoms with van der Waals surface area (Å²) in [5.74, 6) is 0.421. The molecule has 130 valence electrons. The molecule has 0 aliphatic carbocycles. The summed E-state index contributed by atoms with van der Waals surface area (Å²) < 4.78 is 21.3. The van der Waals surface area contributed by atoms with E-state index >= 15 is 0 Å². The van der Waals surface area contributed by atoms with Crippen molar-refractivity contribution in [3.63, 3.8) is 0 Å². The Kier molecular flexibility index (Phi) is 5.49. The van der Waals surface area contributed by atoms with Crippen molar-refractivity contribution in [2.45, 2.75) is 12.6 Å². The zero-order valence-electron chi connectivity index (χ0n) is 14.1. The fraction of sp³-hybridized carbons (Fsp3) is 0.562. The molecule has 2 heterocycles. The van der Waals surface area contributed by atoms with Gasteiger partial charge in [0.2, 0.25) is 0 Å². The van der Waals surface area contributed by atoms with Crippen LogP contribution in [0.25, 0.3) is 0 Å². The number of hydrogen-bond acceptors (Lipinski definition) is 6. The number of benzene rings is 1. The van der Waals surface area contributed by atoms with Crippen LogP contribution < -0.4 is 0 Å². The molecule has 0 bridgehead atoms. The van der Waals surface area contributed by atoms with Crippen LogP contribution >= 0.6 is 0 Å². The molecule has 0 saturated carbocycles. The van der Waals surface area contributed by atoms with Crippen molar-refractivity contribution in [1.82, 2.24) is 30.0 Å². The third-order valence-corrected chi connectivity index (χ3v) is 4.41. The molecule has 1 aliphatic rings. The van der Waals surface area contributed by atoms with Gasteiger partial charge in [-0.3, -0.25) is 4.90 Å². The molecule has 1 unspecified atom stereocenters. The molecule has 0 amide bonds. The van der Waals surface area contributed by atoms with Crippen molar-refractivity contribution in [2.24, 2.45) is 0 Å². The van der Waals surface area contributed by atoms with E-state index in [1.54, 1.807) is 17.9 Å². The number of ether oxygens (including phenoxy) is 1. The van der Waals surface area contributed by atoms with Crippen molar-refractivity contribution in [3.8, 4) is 0 Å². The van der Waals surface area contributed by atoms with E-state index in [0.717, 1.165) is 26.2 Å². The Hall–Kier alpha value is -1.90. The first-order valence-corrected chi connectivity index (χ1v) is 8.12. The van der Waals surface area contributed by atoms with Gasteiger partial charge in [-0.15, -0.1) is 5.10 Å². The standard InChI is InChI=1S/C16H23FN6O/c1-21-7-9-22(10-8-21)15(13-5-3-4-6-14(13)17)16-18-19-20-23(16)11-12-24-2/h3-6,15H,7-12H2,1-2H3. The Labute approximate surface area is 141 Å². The summed E-state index contributed by atoms with van der Waals surface area (Å²) in [4.78, 5) is 4.51. The maximum atomic E-state index is 14.5. The Morgan fingerprint density at radius 3 is 2.67 bits per heavy atom. The molecule has 0 radical (unpaired) electrons. The highest BCUT2D eigenvalue weighted by molar-refractivity contribution is 5.26. The smallest absolute Gasteiger partial charge is 0.173 e. The lowest BCUT2D eigenvalue weighted by molar-refractivity contribution is 0.118. The van der Waals surface area contributed by atoms with Crippen LogP contribution in [0.15, 0.2) is 24.3 Å². The predicted molar refractivity (Wildman–Crippen MR) is 87.0 cm³/mol. The second kappa shape index (κ2) is 7.78. The molecule has 8 heteroatoms. The minimum Gasteiger partial charge on any atom is -0.383 e. The monoisotopic (exact) mass is 334 g/mol. The zero-order valence-corrected chi connectivity index (χ0v) is 14.1. The average molecular weight is 334 g/mol. The van der Waals surface area contributed by atoms with E-state index in [4.69, 9.17) is 4.74 Å². The number of likely N-dealkylation sites (N-methyl/N-ethyl adjacent to an activating group) is 1. The number of aromatic nitrogens is 4. The lowest BCUT2D eigenvalue weighted by atomic mass is 10.0. The number of hydrogen-bond donors (Lipinski definition) is 0. The molecule has 2 aromatic rings. The number of methoxy groups -OCH3 is 1. The second-order valence-electron chi connectivity index (χ2n) is 6.02. The molecule has 0 N–H and O–H groups in total. The van der Waals surface area contributed by atoms with Gasteiger partial charge in [-0.1, -0.05) is 18.2 Å². The SMILES string of the molecule is COCCn1nnnc1C(c1ccccc1F)N1CCN(C)CC1. The highest BCUT2D eigenvalue weighted by Crippen LogP contribution is 2.29. The van der Waals surface area contributed by atoms with Gasteiger partial charge in [-0.05, 0) is 23.5 Å². The van der Waals surface area contributed by atoms with Crippen LogP contribution in [0.3, 0.4) is 0 Å². The van der Waals surface area contributed by atoms with Crippen molar-refractivity contribution in [1.29, 1.82) is 0 Å². The third-order valence-electron chi connectivity index (χ3n) is 4.41. The molecule has 0 spiro atoms. The minimum atomic E-state index is -0.299. The molecule has 1 aliphatic heterocycles. The Morgan fingerprint density at radius 2 is 1.96 bits per heavy atom. The van der Waals surface area contributed by atoms with Crippen molar-refractivity contribution in [2.75, 3.05) is 46.9 Å². The van der Waals surface area contributed by atoms with Gasteiger partial charge in [0.15, 0.2) is 5.82 Å². The average Bonchev–Trinajstić information content (AvgIpc) is 3.05. The van der Waals surface area contributed by atoms with E-state index in [1.807, 2.05) is 12.1 Å². The van der Waals surface area contributed by atoms with Crippen LogP contribution in [0.4, 0.5) is 4.39 Å². The number of nitrogens with zero attached hydrogens (tertiary/aromatic N) is 6. The maximum Gasteiger partial charge on any atom is 0.173 e. The van der Waals surface area contributed by atoms with E-state index in [1.165, 1.54) is 6.07 Å². The maximum absolute atomic E-state index is 14.5. The largest absolute Gasteiger partial charge is 0.383 e. The zero-order chi connectivity index (χ0) is 16.9. The highest BCUT2D eigenvalue weighted by Gasteiger charge is 2.31. The molecule has 7 nitrogen and oxygen atoms in total. The molecule has 24 heavy (non-hydrogen) atoms. The van der Waals surface area contributed by atoms with Gasteiger partial charge in [0, 0.05) is 38.9 Å². The van der Waals surface area contributed by atoms with Gasteiger partial charge in [0.25, 0.3) is 0 Å². The number of rotatable bonds is 6.